The number of carbonyl (C=O) groups excluding carboxylic acids is 1. The number of hydrogen-bond donors (Lipinski definition) is 3. The van der Waals surface area contributed by atoms with Crippen molar-refractivity contribution in [3.63, 3.8) is 0 Å². The number of carbonyl (C=O) groups is 1. The molecule has 0 saturated carbocycles. The topological polar surface area (TPSA) is 103 Å². The number of ether oxygens (including phenoxy) is 1. The third-order valence-corrected chi connectivity index (χ3v) is 2.46. The Bertz CT molecular complexity index is 333. The van der Waals surface area contributed by atoms with Crippen LogP contribution in [0.5, 0.6) is 0 Å². The van der Waals surface area contributed by atoms with Gasteiger partial charge >= 0.3 is 0 Å². The van der Waals surface area contributed by atoms with Gasteiger partial charge in [0.15, 0.2) is 5.96 Å². The molecule has 0 bridgehead atoms. The Hall–Kier alpha value is -0.830. The van der Waals surface area contributed by atoms with Crippen molar-refractivity contribution in [2.45, 2.75) is 32.0 Å². The SMILES string of the molecule is C=C(C)CN=C(N)NCC1CCC(C(N)=O)O1.I. The lowest BCUT2D eigenvalue weighted by Crippen LogP contribution is -2.38. The Labute approximate surface area is 124 Å². The molecule has 6 nitrogen and oxygen atoms in total. The molecule has 1 heterocycles. The maximum Gasteiger partial charge on any atom is 0.246 e. The number of aliphatic imine (C=N–C) groups is 1. The lowest BCUT2D eigenvalue weighted by molar-refractivity contribution is -0.128. The van der Waals surface area contributed by atoms with Crippen LogP contribution in [0.2, 0.25) is 0 Å². The molecule has 1 aliphatic rings. The molecule has 1 saturated heterocycles. The minimum absolute atomic E-state index is 0. The molecule has 0 aromatic heterocycles. The molecule has 0 radical (unpaired) electrons. The van der Waals surface area contributed by atoms with Crippen molar-refractivity contribution in [2.75, 3.05) is 13.1 Å². The second kappa shape index (κ2) is 8.30. The van der Waals surface area contributed by atoms with Gasteiger partial charge in [0.2, 0.25) is 5.91 Å². The van der Waals surface area contributed by atoms with E-state index in [4.69, 9.17) is 16.2 Å². The van der Waals surface area contributed by atoms with Crippen molar-refractivity contribution in [2.24, 2.45) is 16.5 Å². The van der Waals surface area contributed by atoms with Crippen LogP contribution < -0.4 is 16.8 Å². The highest BCUT2D eigenvalue weighted by atomic mass is 127. The molecule has 0 aromatic carbocycles. The Morgan fingerprint density at radius 1 is 1.50 bits per heavy atom. The van der Waals surface area contributed by atoms with E-state index >= 15 is 0 Å². The first-order valence-corrected chi connectivity index (χ1v) is 5.62. The average Bonchev–Trinajstić information content (AvgIpc) is 2.72. The zero-order valence-electron chi connectivity index (χ0n) is 10.5. The highest BCUT2D eigenvalue weighted by Gasteiger charge is 2.28. The third-order valence-electron chi connectivity index (χ3n) is 2.46. The number of nitrogens with two attached hydrogens (primary N) is 2. The standard InChI is InChI=1S/C11H20N4O2.HI/c1-7(2)5-14-11(13)15-6-8-3-4-9(17-8)10(12)16;/h8-9H,1,3-6H2,2H3,(H2,12,16)(H3,13,14,15);1H. The summed E-state index contributed by atoms with van der Waals surface area (Å²) in [5, 5.41) is 2.95. The lowest BCUT2D eigenvalue weighted by atomic mass is 10.2. The molecule has 18 heavy (non-hydrogen) atoms. The van der Waals surface area contributed by atoms with E-state index in [0.717, 1.165) is 12.0 Å². The van der Waals surface area contributed by atoms with Crippen LogP contribution in [0.1, 0.15) is 19.8 Å². The van der Waals surface area contributed by atoms with Gasteiger partial charge in [-0.2, -0.15) is 0 Å². The number of hydrogen-bond acceptors (Lipinski definition) is 3. The van der Waals surface area contributed by atoms with Gasteiger partial charge in [-0.1, -0.05) is 12.2 Å². The smallest absolute Gasteiger partial charge is 0.246 e. The Morgan fingerprint density at radius 3 is 2.67 bits per heavy atom. The van der Waals surface area contributed by atoms with Crippen LogP contribution in [-0.2, 0) is 9.53 Å². The predicted octanol–water partition coefficient (Wildman–Crippen LogP) is 0.118. The normalized spacial score (nSPS) is 23.3. The monoisotopic (exact) mass is 368 g/mol. The van der Waals surface area contributed by atoms with Gasteiger partial charge in [0.25, 0.3) is 0 Å². The second-order valence-electron chi connectivity index (χ2n) is 4.27. The average molecular weight is 368 g/mol. The van der Waals surface area contributed by atoms with Crippen molar-refractivity contribution in [1.82, 2.24) is 5.32 Å². The fourth-order valence-corrected chi connectivity index (χ4v) is 1.56. The third kappa shape index (κ3) is 6.20. The zero-order valence-corrected chi connectivity index (χ0v) is 12.8. The maximum absolute atomic E-state index is 10.9. The first kappa shape index (κ1) is 17.2. The van der Waals surface area contributed by atoms with E-state index in [2.05, 4.69) is 16.9 Å². The molecule has 1 amide bonds. The van der Waals surface area contributed by atoms with Gasteiger partial charge in [-0.05, 0) is 19.8 Å². The Kier molecular flexibility index (Phi) is 7.92. The van der Waals surface area contributed by atoms with E-state index < -0.39 is 12.0 Å². The highest BCUT2D eigenvalue weighted by Crippen LogP contribution is 2.18. The number of nitrogens with zero attached hydrogens (tertiary/aromatic N) is 1. The predicted molar refractivity (Wildman–Crippen MR) is 81.8 cm³/mol. The molecular weight excluding hydrogens is 347 g/mol. The first-order chi connectivity index (χ1) is 7.99. The summed E-state index contributed by atoms with van der Waals surface area (Å²) < 4.78 is 5.43. The summed E-state index contributed by atoms with van der Waals surface area (Å²) in [6.45, 7) is 6.66. The van der Waals surface area contributed by atoms with Gasteiger partial charge in [-0.25, -0.2) is 4.99 Å². The summed E-state index contributed by atoms with van der Waals surface area (Å²) in [4.78, 5) is 15.0. The summed E-state index contributed by atoms with van der Waals surface area (Å²) in [7, 11) is 0. The van der Waals surface area contributed by atoms with Crippen LogP contribution in [0.25, 0.3) is 0 Å². The van der Waals surface area contributed by atoms with E-state index in [1.807, 2.05) is 6.92 Å². The van der Waals surface area contributed by atoms with Crippen molar-refractivity contribution in [3.05, 3.63) is 12.2 Å². The maximum atomic E-state index is 10.9. The second-order valence-corrected chi connectivity index (χ2v) is 4.27. The highest BCUT2D eigenvalue weighted by molar-refractivity contribution is 14.0. The molecule has 7 heteroatoms. The zero-order chi connectivity index (χ0) is 12.8. The summed E-state index contributed by atoms with van der Waals surface area (Å²) in [5.41, 5.74) is 11.7. The Balaban J connectivity index is 0.00000289. The molecule has 2 atom stereocenters. The van der Waals surface area contributed by atoms with Crippen LogP contribution in [0.4, 0.5) is 0 Å². The molecule has 1 aliphatic heterocycles. The van der Waals surface area contributed by atoms with Gasteiger partial charge in [0.1, 0.15) is 6.10 Å². The fraction of sp³-hybridized carbons (Fsp3) is 0.636. The molecular formula is C11H21IN4O2. The quantitative estimate of drug-likeness (QED) is 0.278. The summed E-state index contributed by atoms with van der Waals surface area (Å²) in [5.74, 6) is -0.0458. The molecule has 0 spiro atoms. The lowest BCUT2D eigenvalue weighted by Gasteiger charge is -2.12. The molecule has 0 aromatic rings. The number of rotatable bonds is 5. The van der Waals surface area contributed by atoms with E-state index in [1.54, 1.807) is 0 Å². The van der Waals surface area contributed by atoms with Gasteiger partial charge in [-0.3, -0.25) is 4.79 Å². The van der Waals surface area contributed by atoms with Crippen LogP contribution in [0.15, 0.2) is 17.1 Å². The largest absolute Gasteiger partial charge is 0.370 e. The number of amides is 1. The molecule has 104 valence electrons. The molecule has 0 aliphatic carbocycles. The van der Waals surface area contributed by atoms with E-state index in [1.165, 1.54) is 0 Å². The number of halogens is 1. The van der Waals surface area contributed by atoms with Gasteiger partial charge in [-0.15, -0.1) is 24.0 Å². The first-order valence-electron chi connectivity index (χ1n) is 5.62. The van der Waals surface area contributed by atoms with E-state index in [0.29, 0.717) is 25.5 Å². The van der Waals surface area contributed by atoms with Crippen molar-refractivity contribution < 1.29 is 9.53 Å². The molecule has 2 unspecified atom stereocenters. The minimum Gasteiger partial charge on any atom is -0.370 e. The number of primary amides is 1. The van der Waals surface area contributed by atoms with Gasteiger partial charge < -0.3 is 21.5 Å². The van der Waals surface area contributed by atoms with Crippen molar-refractivity contribution >= 4 is 35.8 Å². The fourth-order valence-electron chi connectivity index (χ4n) is 1.56. The van der Waals surface area contributed by atoms with Crippen molar-refractivity contribution in [3.8, 4) is 0 Å². The Morgan fingerprint density at radius 2 is 2.17 bits per heavy atom. The van der Waals surface area contributed by atoms with Crippen LogP contribution in [0.3, 0.4) is 0 Å². The van der Waals surface area contributed by atoms with Crippen molar-refractivity contribution in [1.29, 1.82) is 0 Å². The summed E-state index contributed by atoms with van der Waals surface area (Å²) in [6.07, 6.45) is 0.972. The van der Waals surface area contributed by atoms with Crippen LogP contribution in [-0.4, -0.2) is 37.2 Å². The summed E-state index contributed by atoms with van der Waals surface area (Å²) >= 11 is 0. The van der Waals surface area contributed by atoms with Crippen LogP contribution >= 0.6 is 24.0 Å². The van der Waals surface area contributed by atoms with E-state index in [9.17, 15) is 4.79 Å². The molecule has 1 rings (SSSR count). The number of nitrogens with one attached hydrogen (secondary N) is 1. The van der Waals surface area contributed by atoms with E-state index in [-0.39, 0.29) is 30.1 Å². The van der Waals surface area contributed by atoms with Crippen LogP contribution in [0, 0.1) is 0 Å². The summed E-state index contributed by atoms with van der Waals surface area (Å²) in [6, 6.07) is 0. The minimum atomic E-state index is -0.463. The van der Waals surface area contributed by atoms with Gasteiger partial charge in [0.05, 0.1) is 12.6 Å². The van der Waals surface area contributed by atoms with Gasteiger partial charge in [0, 0.05) is 6.54 Å². The molecule has 5 N–H and O–H groups in total. The number of guanidine groups is 1. The molecule has 1 fully saturated rings.